The summed E-state index contributed by atoms with van der Waals surface area (Å²) < 4.78 is 5.59. The van der Waals surface area contributed by atoms with E-state index >= 15 is 0 Å². The van der Waals surface area contributed by atoms with Gasteiger partial charge in [0.25, 0.3) is 0 Å². The monoisotopic (exact) mass is 904 g/mol. The zero-order chi connectivity index (χ0) is 46.6. The maximum atomic E-state index is 12.4. The third-order valence-electron chi connectivity index (χ3n) is 13.5. The summed E-state index contributed by atoms with van der Waals surface area (Å²) in [5.74, 6) is 0. The number of ether oxygens (including phenoxy) is 1. The van der Waals surface area contributed by atoms with Crippen LogP contribution in [-0.4, -0.2) is 143 Å². The Kier molecular flexibility index (Phi) is 32.7. The SMILES string of the molecule is CCCCCCCCCCCCCCCCCCNC(=O)OCCCCN1CCCN(C)CCCN(C)Cc2ccc(cc2)CN(C)CCCN(C)CCCN(C)Cc2ccc(cc2)C1. The Morgan fingerprint density at radius 1 is 0.431 bits per heavy atom. The summed E-state index contributed by atoms with van der Waals surface area (Å²) in [6.45, 7) is 17.3. The van der Waals surface area contributed by atoms with Crippen molar-refractivity contribution >= 4 is 6.09 Å². The normalized spacial score (nSPS) is 17.7. The maximum absolute atomic E-state index is 12.4. The molecule has 0 atom stereocenters. The molecule has 0 spiro atoms. The Bertz CT molecular complexity index is 1410. The molecule has 0 aromatic heterocycles. The number of rotatable bonds is 22. The van der Waals surface area contributed by atoms with Crippen molar-refractivity contribution in [3.05, 3.63) is 70.8 Å². The van der Waals surface area contributed by atoms with Crippen molar-refractivity contribution in [2.24, 2.45) is 0 Å². The molecule has 4 heterocycles. The lowest BCUT2D eigenvalue weighted by molar-refractivity contribution is 0.141. The van der Waals surface area contributed by atoms with Gasteiger partial charge >= 0.3 is 6.09 Å². The van der Waals surface area contributed by atoms with Gasteiger partial charge in [-0.3, -0.25) is 4.90 Å². The first-order valence-corrected chi connectivity index (χ1v) is 26.9. The van der Waals surface area contributed by atoms with Gasteiger partial charge < -0.3 is 34.6 Å². The number of hydrogen-bond donors (Lipinski definition) is 1. The van der Waals surface area contributed by atoms with Crippen LogP contribution >= 0.6 is 0 Å². The van der Waals surface area contributed by atoms with Crippen LogP contribution in [0.4, 0.5) is 4.79 Å². The predicted octanol–water partition coefficient (Wildman–Crippen LogP) is 11.7. The molecule has 0 saturated heterocycles. The van der Waals surface area contributed by atoms with E-state index in [0.717, 1.165) is 117 Å². The van der Waals surface area contributed by atoms with Gasteiger partial charge in [-0.1, -0.05) is 152 Å². The topological polar surface area (TPSA) is 57.8 Å². The highest BCUT2D eigenvalue weighted by Gasteiger charge is 2.11. The van der Waals surface area contributed by atoms with Crippen LogP contribution in [0.2, 0.25) is 0 Å². The lowest BCUT2D eigenvalue weighted by Crippen LogP contribution is -2.31. The van der Waals surface area contributed by atoms with E-state index < -0.39 is 0 Å². The van der Waals surface area contributed by atoms with Gasteiger partial charge in [0, 0.05) is 32.7 Å². The maximum Gasteiger partial charge on any atom is 0.407 e. The third kappa shape index (κ3) is 30.5. The molecular formula is C56H101N7O2. The molecule has 0 fully saturated rings. The fourth-order valence-electron chi connectivity index (χ4n) is 9.34. The molecule has 372 valence electrons. The van der Waals surface area contributed by atoms with Gasteiger partial charge in [-0.25, -0.2) is 4.79 Å². The molecule has 4 bridgehead atoms. The van der Waals surface area contributed by atoms with Gasteiger partial charge in [-0.15, -0.1) is 0 Å². The summed E-state index contributed by atoms with van der Waals surface area (Å²) in [5, 5.41) is 2.99. The van der Waals surface area contributed by atoms with E-state index in [2.05, 4.69) is 125 Å². The number of benzene rings is 2. The number of unbranched alkanes of at least 4 members (excludes halogenated alkanes) is 16. The summed E-state index contributed by atoms with van der Waals surface area (Å²) in [4.78, 5) is 27.4. The largest absolute Gasteiger partial charge is 0.450 e. The fraction of sp³-hybridized carbons (Fsp3) is 0.768. The number of amides is 1. The Hall–Kier alpha value is -2.53. The summed E-state index contributed by atoms with van der Waals surface area (Å²) in [5.41, 5.74) is 5.54. The molecule has 4 aliphatic heterocycles. The van der Waals surface area contributed by atoms with Gasteiger partial charge in [0.2, 0.25) is 0 Å². The van der Waals surface area contributed by atoms with E-state index in [1.807, 2.05) is 0 Å². The number of nitrogens with zero attached hydrogens (tertiary/aromatic N) is 6. The summed E-state index contributed by atoms with van der Waals surface area (Å²) in [6.07, 6.45) is 28.1. The standard InChI is InChI=1S/C56H101N7O2/c1-7-8-9-10-11-12-13-14-15-16-17-18-19-20-21-22-37-57-56(64)65-47-24-23-45-63-46-28-41-59(3)40-27-44-61(5)49-53-31-29-52(30-32-53)48-60(4)42-25-38-58(2)39-26-43-62(6)50-54-33-35-55(51-63)36-34-54/h29-36H,7-28,37-51H2,1-6H3,(H,57,64). The van der Waals surface area contributed by atoms with Gasteiger partial charge in [0.05, 0.1) is 6.61 Å². The van der Waals surface area contributed by atoms with Gasteiger partial charge in [0.15, 0.2) is 0 Å². The van der Waals surface area contributed by atoms with Crippen LogP contribution in [-0.2, 0) is 30.9 Å². The average Bonchev–Trinajstić information content (AvgIpc) is 3.28. The van der Waals surface area contributed by atoms with Gasteiger partial charge in [-0.05, 0) is 161 Å². The van der Waals surface area contributed by atoms with Crippen molar-refractivity contribution in [3.8, 4) is 0 Å². The van der Waals surface area contributed by atoms with Crippen LogP contribution in [0.3, 0.4) is 0 Å². The number of alkyl carbamates (subject to hydrolysis) is 1. The van der Waals surface area contributed by atoms with E-state index in [1.54, 1.807) is 0 Å². The molecule has 0 unspecified atom stereocenters. The summed E-state index contributed by atoms with van der Waals surface area (Å²) in [6, 6.07) is 18.6. The molecule has 2 aromatic carbocycles. The molecule has 0 radical (unpaired) electrons. The quantitative estimate of drug-likeness (QED) is 0.117. The number of carbonyl (C=O) groups excluding carboxylic acids is 1. The van der Waals surface area contributed by atoms with Crippen LogP contribution in [0.5, 0.6) is 0 Å². The van der Waals surface area contributed by atoms with Crippen molar-refractivity contribution in [1.29, 1.82) is 0 Å². The van der Waals surface area contributed by atoms with Gasteiger partial charge in [-0.2, -0.15) is 0 Å². The number of carbonyl (C=O) groups is 1. The molecule has 0 saturated carbocycles. The zero-order valence-electron chi connectivity index (χ0n) is 43.3. The minimum absolute atomic E-state index is 0.257. The van der Waals surface area contributed by atoms with E-state index in [0.29, 0.717) is 6.61 Å². The van der Waals surface area contributed by atoms with Crippen molar-refractivity contribution in [2.75, 3.05) is 107 Å². The molecule has 6 rings (SSSR count). The lowest BCUT2D eigenvalue weighted by Gasteiger charge is -2.25. The van der Waals surface area contributed by atoms with E-state index in [1.165, 1.54) is 138 Å². The first kappa shape index (κ1) is 56.8. The highest BCUT2D eigenvalue weighted by molar-refractivity contribution is 5.66. The van der Waals surface area contributed by atoms with Crippen molar-refractivity contribution in [3.63, 3.8) is 0 Å². The van der Waals surface area contributed by atoms with E-state index in [-0.39, 0.29) is 6.09 Å². The Morgan fingerprint density at radius 3 is 1.17 bits per heavy atom. The molecule has 1 amide bonds. The van der Waals surface area contributed by atoms with Gasteiger partial charge in [0.1, 0.15) is 0 Å². The van der Waals surface area contributed by atoms with Crippen LogP contribution in [0.1, 0.15) is 170 Å². The molecule has 2 aromatic rings. The summed E-state index contributed by atoms with van der Waals surface area (Å²) >= 11 is 0. The Labute approximate surface area is 401 Å². The minimum atomic E-state index is -0.257. The second-order valence-electron chi connectivity index (χ2n) is 20.2. The van der Waals surface area contributed by atoms with Crippen LogP contribution in [0, 0.1) is 0 Å². The summed E-state index contributed by atoms with van der Waals surface area (Å²) in [7, 11) is 11.3. The molecule has 1 N–H and O–H groups in total. The zero-order valence-corrected chi connectivity index (χ0v) is 43.3. The van der Waals surface area contributed by atoms with E-state index in [9.17, 15) is 4.79 Å². The second kappa shape index (κ2) is 37.5. The first-order chi connectivity index (χ1) is 31.7. The fourth-order valence-corrected chi connectivity index (χ4v) is 9.34. The van der Waals surface area contributed by atoms with Crippen molar-refractivity contribution in [2.45, 2.75) is 174 Å². The highest BCUT2D eigenvalue weighted by Crippen LogP contribution is 2.15. The third-order valence-corrected chi connectivity index (χ3v) is 13.5. The van der Waals surface area contributed by atoms with E-state index in [4.69, 9.17) is 4.74 Å². The molecule has 9 nitrogen and oxygen atoms in total. The van der Waals surface area contributed by atoms with Crippen LogP contribution in [0.15, 0.2) is 48.5 Å². The van der Waals surface area contributed by atoms with Crippen molar-refractivity contribution < 1.29 is 9.53 Å². The Morgan fingerprint density at radius 2 is 0.769 bits per heavy atom. The molecular weight excluding hydrogens is 803 g/mol. The van der Waals surface area contributed by atoms with Crippen LogP contribution in [0.25, 0.3) is 0 Å². The Balaban J connectivity index is 1.35. The molecule has 0 aliphatic carbocycles. The molecule has 9 heteroatoms. The predicted molar refractivity (Wildman–Crippen MR) is 279 cm³/mol. The second-order valence-corrected chi connectivity index (χ2v) is 20.2. The molecule has 65 heavy (non-hydrogen) atoms. The highest BCUT2D eigenvalue weighted by atomic mass is 16.5. The number of hydrogen-bond acceptors (Lipinski definition) is 8. The first-order valence-electron chi connectivity index (χ1n) is 26.9. The van der Waals surface area contributed by atoms with Crippen molar-refractivity contribution in [1.82, 2.24) is 34.7 Å². The molecule has 4 aliphatic rings. The smallest absolute Gasteiger partial charge is 0.407 e. The average molecular weight is 904 g/mol. The van der Waals surface area contributed by atoms with Crippen LogP contribution < -0.4 is 5.32 Å². The number of nitrogens with one attached hydrogen (secondary N) is 1. The lowest BCUT2D eigenvalue weighted by atomic mass is 10.0. The minimum Gasteiger partial charge on any atom is -0.450 e.